The Kier molecular flexibility index (Phi) is 5.71. The zero-order valence-electron chi connectivity index (χ0n) is 15.9. The van der Waals surface area contributed by atoms with Crippen molar-refractivity contribution in [3.63, 3.8) is 0 Å². The van der Waals surface area contributed by atoms with Gasteiger partial charge in [-0.25, -0.2) is 4.39 Å². The Labute approximate surface area is 173 Å². The van der Waals surface area contributed by atoms with E-state index in [-0.39, 0.29) is 17.4 Å². The van der Waals surface area contributed by atoms with Crippen LogP contribution in [0.1, 0.15) is 26.5 Å². The van der Waals surface area contributed by atoms with E-state index in [4.69, 9.17) is 0 Å². The summed E-state index contributed by atoms with van der Waals surface area (Å²) in [6.07, 6.45) is 0.665. The Bertz CT molecular complexity index is 1020. The monoisotopic (exact) mass is 408 g/mol. The van der Waals surface area contributed by atoms with Crippen LogP contribution in [0.4, 0.5) is 4.39 Å². The van der Waals surface area contributed by atoms with Gasteiger partial charge in [-0.3, -0.25) is 9.59 Å². The number of hydrogen-bond acceptors (Lipinski definition) is 3. The second-order valence-electron chi connectivity index (χ2n) is 6.95. The van der Waals surface area contributed by atoms with Crippen LogP contribution in [0.3, 0.4) is 0 Å². The van der Waals surface area contributed by atoms with Crippen molar-refractivity contribution < 1.29 is 14.0 Å². The minimum atomic E-state index is -0.513. The van der Waals surface area contributed by atoms with Crippen molar-refractivity contribution in [1.29, 1.82) is 0 Å². The minimum absolute atomic E-state index is 0.0148. The normalized spacial score (nSPS) is 14.5. The third-order valence-electron chi connectivity index (χ3n) is 5.12. The van der Waals surface area contributed by atoms with Crippen molar-refractivity contribution in [3.05, 3.63) is 82.3 Å². The molecule has 4 rings (SSSR count). The maximum Gasteiger partial charge on any atom is 0.264 e. The first kappa shape index (κ1) is 19.3. The summed E-state index contributed by atoms with van der Waals surface area (Å²) in [5, 5.41) is 1.93. The average molecular weight is 408 g/mol. The molecule has 0 spiro atoms. The largest absolute Gasteiger partial charge is 0.337 e. The standard InChI is InChI=1S/C23H21FN2O2S/c24-20-10-5-4-9-19(20)22(27)25-12-6-13-26(15-14-25)23(28)21-18(11-16-29-21)17-7-2-1-3-8-17/h1-5,7-11,16H,6,12-15H2. The van der Waals surface area contributed by atoms with E-state index in [1.165, 1.54) is 23.5 Å². The van der Waals surface area contributed by atoms with Crippen LogP contribution in [0, 0.1) is 5.82 Å². The number of carbonyl (C=O) groups is 2. The Balaban J connectivity index is 1.48. The van der Waals surface area contributed by atoms with Gasteiger partial charge >= 0.3 is 0 Å². The van der Waals surface area contributed by atoms with E-state index >= 15 is 0 Å². The number of thiophene rings is 1. The Morgan fingerprint density at radius 2 is 1.45 bits per heavy atom. The van der Waals surface area contributed by atoms with Gasteiger partial charge in [-0.2, -0.15) is 0 Å². The molecule has 6 heteroatoms. The molecule has 1 aliphatic rings. The lowest BCUT2D eigenvalue weighted by molar-refractivity contribution is 0.0718. The smallest absolute Gasteiger partial charge is 0.264 e. The van der Waals surface area contributed by atoms with Crippen LogP contribution in [0.15, 0.2) is 66.0 Å². The molecule has 29 heavy (non-hydrogen) atoms. The van der Waals surface area contributed by atoms with Crippen LogP contribution in [0.5, 0.6) is 0 Å². The molecule has 3 aromatic rings. The highest BCUT2D eigenvalue weighted by Gasteiger charge is 2.26. The summed E-state index contributed by atoms with van der Waals surface area (Å²) < 4.78 is 14.0. The SMILES string of the molecule is O=C(c1ccccc1F)N1CCCN(C(=O)c2sccc2-c2ccccc2)CC1. The van der Waals surface area contributed by atoms with Gasteiger partial charge in [0.15, 0.2) is 0 Å². The molecule has 0 bridgehead atoms. The maximum absolute atomic E-state index is 14.0. The summed E-state index contributed by atoms with van der Waals surface area (Å²) in [6, 6.07) is 17.9. The van der Waals surface area contributed by atoms with E-state index in [1.807, 2.05) is 41.8 Å². The third kappa shape index (κ3) is 4.07. The fourth-order valence-corrected chi connectivity index (χ4v) is 4.48. The van der Waals surface area contributed by atoms with E-state index in [0.717, 1.165) is 11.1 Å². The summed E-state index contributed by atoms with van der Waals surface area (Å²) in [5.41, 5.74) is 2.03. The molecule has 2 aromatic carbocycles. The summed E-state index contributed by atoms with van der Waals surface area (Å²) in [4.78, 5) is 30.0. The number of halogens is 1. The van der Waals surface area contributed by atoms with Crippen LogP contribution in [0.2, 0.25) is 0 Å². The molecule has 1 saturated heterocycles. The fraction of sp³-hybridized carbons (Fsp3) is 0.217. The molecule has 1 aliphatic heterocycles. The molecule has 4 nitrogen and oxygen atoms in total. The quantitative estimate of drug-likeness (QED) is 0.638. The summed E-state index contributed by atoms with van der Waals surface area (Å²) in [5.74, 6) is -0.849. The molecule has 2 heterocycles. The highest BCUT2D eigenvalue weighted by molar-refractivity contribution is 7.12. The lowest BCUT2D eigenvalue weighted by Crippen LogP contribution is -2.37. The Hall–Kier alpha value is -2.99. The predicted octanol–water partition coefficient (Wildman–Crippen LogP) is 4.54. The summed E-state index contributed by atoms with van der Waals surface area (Å²) in [7, 11) is 0. The van der Waals surface area contributed by atoms with E-state index in [9.17, 15) is 14.0 Å². The molecule has 0 atom stereocenters. The number of benzene rings is 2. The fourth-order valence-electron chi connectivity index (χ4n) is 3.59. The van der Waals surface area contributed by atoms with Crippen molar-refractivity contribution >= 4 is 23.2 Å². The number of rotatable bonds is 3. The maximum atomic E-state index is 14.0. The number of nitrogens with zero attached hydrogens (tertiary/aromatic N) is 2. The number of amides is 2. The summed E-state index contributed by atoms with van der Waals surface area (Å²) in [6.45, 7) is 1.91. The van der Waals surface area contributed by atoms with Crippen LogP contribution < -0.4 is 0 Å². The molecule has 0 saturated carbocycles. The molecule has 0 aliphatic carbocycles. The summed E-state index contributed by atoms with van der Waals surface area (Å²) >= 11 is 1.44. The van der Waals surface area contributed by atoms with E-state index < -0.39 is 5.82 Å². The molecule has 1 aromatic heterocycles. The lowest BCUT2D eigenvalue weighted by atomic mass is 10.1. The second kappa shape index (κ2) is 8.57. The van der Waals surface area contributed by atoms with Gasteiger partial charge in [0.05, 0.1) is 10.4 Å². The number of carbonyl (C=O) groups excluding carboxylic acids is 2. The van der Waals surface area contributed by atoms with Gasteiger partial charge in [0, 0.05) is 31.7 Å². The molecule has 1 fully saturated rings. The van der Waals surface area contributed by atoms with Gasteiger partial charge in [0.1, 0.15) is 5.82 Å². The lowest BCUT2D eigenvalue weighted by Gasteiger charge is -2.22. The van der Waals surface area contributed by atoms with Crippen molar-refractivity contribution in [2.75, 3.05) is 26.2 Å². The Morgan fingerprint density at radius 1 is 0.793 bits per heavy atom. The van der Waals surface area contributed by atoms with E-state index in [0.29, 0.717) is 37.5 Å². The highest BCUT2D eigenvalue weighted by atomic mass is 32.1. The third-order valence-corrected chi connectivity index (χ3v) is 6.02. The zero-order chi connectivity index (χ0) is 20.2. The van der Waals surface area contributed by atoms with Gasteiger partial charge in [-0.15, -0.1) is 11.3 Å². The molecule has 0 N–H and O–H groups in total. The molecule has 0 radical (unpaired) electrons. The average Bonchev–Trinajstić information content (AvgIpc) is 3.11. The zero-order valence-corrected chi connectivity index (χ0v) is 16.7. The topological polar surface area (TPSA) is 40.6 Å². The van der Waals surface area contributed by atoms with Gasteiger partial charge < -0.3 is 9.80 Å². The van der Waals surface area contributed by atoms with Crippen molar-refractivity contribution in [3.8, 4) is 11.1 Å². The van der Waals surface area contributed by atoms with Gasteiger partial charge in [0.25, 0.3) is 11.8 Å². The molecular weight excluding hydrogens is 387 g/mol. The molecule has 0 unspecified atom stereocenters. The van der Waals surface area contributed by atoms with Crippen LogP contribution in [-0.2, 0) is 0 Å². The first-order valence-electron chi connectivity index (χ1n) is 9.61. The first-order valence-corrected chi connectivity index (χ1v) is 10.5. The molecule has 148 valence electrons. The van der Waals surface area contributed by atoms with Crippen LogP contribution in [-0.4, -0.2) is 47.8 Å². The second-order valence-corrected chi connectivity index (χ2v) is 7.86. The van der Waals surface area contributed by atoms with Crippen LogP contribution >= 0.6 is 11.3 Å². The highest BCUT2D eigenvalue weighted by Crippen LogP contribution is 2.29. The van der Waals surface area contributed by atoms with Gasteiger partial charge in [-0.05, 0) is 35.6 Å². The van der Waals surface area contributed by atoms with Crippen molar-refractivity contribution in [1.82, 2.24) is 9.80 Å². The number of hydrogen-bond donors (Lipinski definition) is 0. The molecule has 2 amide bonds. The Morgan fingerprint density at radius 3 is 2.17 bits per heavy atom. The van der Waals surface area contributed by atoms with E-state index in [1.54, 1.807) is 21.9 Å². The molecular formula is C23H21FN2O2S. The van der Waals surface area contributed by atoms with Crippen LogP contribution in [0.25, 0.3) is 11.1 Å². The first-order chi connectivity index (χ1) is 14.1. The van der Waals surface area contributed by atoms with Crippen molar-refractivity contribution in [2.24, 2.45) is 0 Å². The van der Waals surface area contributed by atoms with Gasteiger partial charge in [-0.1, -0.05) is 42.5 Å². The predicted molar refractivity (Wildman–Crippen MR) is 113 cm³/mol. The van der Waals surface area contributed by atoms with E-state index in [2.05, 4.69) is 0 Å². The van der Waals surface area contributed by atoms with Crippen molar-refractivity contribution in [2.45, 2.75) is 6.42 Å². The minimum Gasteiger partial charge on any atom is -0.337 e. The van der Waals surface area contributed by atoms with Gasteiger partial charge in [0.2, 0.25) is 0 Å².